The zero-order valence-electron chi connectivity index (χ0n) is 28.2. The highest BCUT2D eigenvalue weighted by molar-refractivity contribution is 5.15. The maximum Gasteiger partial charge on any atom is 0.393 e. The molecular formula is C39H63F3O2. The summed E-state index contributed by atoms with van der Waals surface area (Å²) in [6.07, 6.45) is 20.9. The Kier molecular flexibility index (Phi) is 18.3. The number of unbranched alkanes of at least 4 members (excludes halogenated alkanes) is 10. The predicted molar refractivity (Wildman–Crippen MR) is 176 cm³/mol. The quantitative estimate of drug-likeness (QED) is 0.126. The van der Waals surface area contributed by atoms with Gasteiger partial charge in [0.1, 0.15) is 0 Å². The molecule has 3 saturated carbocycles. The van der Waals surface area contributed by atoms with Gasteiger partial charge in [0.05, 0.1) is 18.1 Å². The summed E-state index contributed by atoms with van der Waals surface area (Å²) in [6, 6.07) is 0. The average Bonchev–Trinajstić information content (AvgIpc) is 3.03. The Morgan fingerprint density at radius 1 is 0.500 bits per heavy atom. The van der Waals surface area contributed by atoms with Crippen molar-refractivity contribution >= 4 is 0 Å². The van der Waals surface area contributed by atoms with E-state index in [2.05, 4.69) is 37.5 Å². The monoisotopic (exact) mass is 620 g/mol. The summed E-state index contributed by atoms with van der Waals surface area (Å²) < 4.78 is 54.5. The van der Waals surface area contributed by atoms with E-state index in [4.69, 9.17) is 9.47 Å². The van der Waals surface area contributed by atoms with Crippen LogP contribution in [0.25, 0.3) is 0 Å². The van der Waals surface area contributed by atoms with Gasteiger partial charge in [0.25, 0.3) is 0 Å². The number of hydrogen-bond acceptors (Lipinski definition) is 2. The fourth-order valence-electron chi connectivity index (χ4n) is 7.31. The molecule has 3 aliphatic carbocycles. The molecule has 0 spiro atoms. The van der Waals surface area contributed by atoms with Crippen LogP contribution in [-0.4, -0.2) is 31.6 Å². The van der Waals surface area contributed by atoms with E-state index in [-0.39, 0.29) is 18.3 Å². The van der Waals surface area contributed by atoms with Crippen molar-refractivity contribution in [3.05, 3.63) is 0 Å². The molecule has 2 nitrogen and oxygen atoms in total. The second kappa shape index (κ2) is 21.6. The van der Waals surface area contributed by atoms with Crippen molar-refractivity contribution in [3.8, 4) is 23.7 Å². The van der Waals surface area contributed by atoms with Gasteiger partial charge in [0.2, 0.25) is 0 Å². The second-order valence-electron chi connectivity index (χ2n) is 14.1. The summed E-state index contributed by atoms with van der Waals surface area (Å²) >= 11 is 0. The van der Waals surface area contributed by atoms with Crippen molar-refractivity contribution in [1.29, 1.82) is 0 Å². The average molecular weight is 621 g/mol. The smallest absolute Gasteiger partial charge is 0.378 e. The lowest BCUT2D eigenvalue weighted by Gasteiger charge is -2.33. The lowest BCUT2D eigenvalue weighted by atomic mass is 9.73. The first-order valence-corrected chi connectivity index (χ1v) is 18.7. The maximum absolute atomic E-state index is 14.1. The first-order valence-electron chi connectivity index (χ1n) is 18.7. The van der Waals surface area contributed by atoms with Crippen molar-refractivity contribution in [1.82, 2.24) is 0 Å². The Morgan fingerprint density at radius 3 is 1.39 bits per heavy atom. The molecule has 3 unspecified atom stereocenters. The highest BCUT2D eigenvalue weighted by Gasteiger charge is 2.47. The zero-order valence-corrected chi connectivity index (χ0v) is 28.2. The maximum atomic E-state index is 14.1. The molecule has 3 rings (SSSR count). The largest absolute Gasteiger partial charge is 0.393 e. The van der Waals surface area contributed by atoms with Gasteiger partial charge in [-0.25, -0.2) is 0 Å². The minimum Gasteiger partial charge on any atom is -0.378 e. The molecule has 3 aliphatic rings. The number of halogens is 3. The Morgan fingerprint density at radius 2 is 0.909 bits per heavy atom. The topological polar surface area (TPSA) is 18.5 Å². The van der Waals surface area contributed by atoms with E-state index in [0.29, 0.717) is 24.5 Å². The minimum absolute atomic E-state index is 0.103. The Labute approximate surface area is 268 Å². The molecule has 0 aliphatic heterocycles. The summed E-state index contributed by atoms with van der Waals surface area (Å²) in [5, 5.41) is 0. The lowest BCUT2D eigenvalue weighted by molar-refractivity contribution is -0.192. The van der Waals surface area contributed by atoms with E-state index in [1.807, 2.05) is 0 Å². The molecule has 5 heteroatoms. The molecule has 0 bridgehead atoms. The third-order valence-electron chi connectivity index (χ3n) is 10.3. The molecule has 0 N–H and O–H groups in total. The highest BCUT2D eigenvalue weighted by atomic mass is 19.4. The number of ether oxygens (including phenoxy) is 2. The van der Waals surface area contributed by atoms with Crippen LogP contribution < -0.4 is 0 Å². The zero-order chi connectivity index (χ0) is 31.5. The Balaban J connectivity index is 1.34. The molecule has 252 valence electrons. The van der Waals surface area contributed by atoms with Gasteiger partial charge >= 0.3 is 6.18 Å². The van der Waals surface area contributed by atoms with Gasteiger partial charge in [-0.05, 0) is 83.5 Å². The standard InChI is InChI=1S/C39H63F3O2/c1-3-5-7-9-11-13-29-43-36-25-19-32(20-26-36)15-16-34-18-24-35(38(31-34)39(40,41)42)23-17-33-21-27-37(28-22-33)44-30-14-12-10-8-6-4-2/h32-38H,3-14,18-22,24-31H2,1-2H3. The molecule has 3 fully saturated rings. The molecule has 44 heavy (non-hydrogen) atoms. The van der Waals surface area contributed by atoms with E-state index in [0.717, 1.165) is 83.8 Å². The third-order valence-corrected chi connectivity index (χ3v) is 10.3. The SMILES string of the molecule is CCCCCCCCOC1CCC(C#CC2CCC(C#CC3CCC(OCCCCCCCC)CC3)C(C(F)(F)F)C2)CC1. The fraction of sp³-hybridized carbons (Fsp3) is 0.897. The van der Waals surface area contributed by atoms with Crippen LogP contribution >= 0.6 is 0 Å². The molecule has 3 atom stereocenters. The highest BCUT2D eigenvalue weighted by Crippen LogP contribution is 2.43. The van der Waals surface area contributed by atoms with E-state index < -0.39 is 18.0 Å². The fourth-order valence-corrected chi connectivity index (χ4v) is 7.31. The second-order valence-corrected chi connectivity index (χ2v) is 14.1. The van der Waals surface area contributed by atoms with E-state index >= 15 is 0 Å². The first kappa shape index (κ1) is 37.3. The molecular weight excluding hydrogens is 557 g/mol. The van der Waals surface area contributed by atoms with Crippen LogP contribution in [0.4, 0.5) is 13.2 Å². The van der Waals surface area contributed by atoms with E-state index in [1.165, 1.54) is 64.2 Å². The van der Waals surface area contributed by atoms with Crippen molar-refractivity contribution in [2.45, 2.75) is 180 Å². The van der Waals surface area contributed by atoms with Gasteiger partial charge in [-0.2, -0.15) is 13.2 Å². The van der Waals surface area contributed by atoms with Crippen LogP contribution in [0.3, 0.4) is 0 Å². The van der Waals surface area contributed by atoms with Gasteiger partial charge in [-0.3, -0.25) is 0 Å². The number of alkyl halides is 3. The lowest BCUT2D eigenvalue weighted by Crippen LogP contribution is -2.35. The van der Waals surface area contributed by atoms with Crippen molar-refractivity contribution < 1.29 is 22.6 Å². The van der Waals surface area contributed by atoms with Crippen molar-refractivity contribution in [2.24, 2.45) is 29.6 Å². The number of rotatable bonds is 16. The predicted octanol–water partition coefficient (Wildman–Crippen LogP) is 11.5. The van der Waals surface area contributed by atoms with Crippen LogP contribution in [0.5, 0.6) is 0 Å². The van der Waals surface area contributed by atoms with Gasteiger partial charge in [0, 0.05) is 36.9 Å². The summed E-state index contributed by atoms with van der Waals surface area (Å²) in [4.78, 5) is 0. The molecule has 0 radical (unpaired) electrons. The van der Waals surface area contributed by atoms with Gasteiger partial charge in [-0.15, -0.1) is 0 Å². The number of hydrogen-bond donors (Lipinski definition) is 0. The minimum atomic E-state index is -4.22. The molecule has 0 heterocycles. The summed E-state index contributed by atoms with van der Waals surface area (Å²) in [6.45, 7) is 6.17. The first-order chi connectivity index (χ1) is 21.4. The van der Waals surface area contributed by atoms with Crippen LogP contribution in [0, 0.1) is 53.3 Å². The Hall–Kier alpha value is -1.17. The third kappa shape index (κ3) is 14.9. The molecule has 0 aromatic heterocycles. The van der Waals surface area contributed by atoms with Gasteiger partial charge in [-0.1, -0.05) is 102 Å². The normalized spacial score (nSPS) is 29.3. The summed E-state index contributed by atoms with van der Waals surface area (Å²) in [5.74, 6) is 11.5. The Bertz CT molecular complexity index is 862. The molecule has 0 amide bonds. The van der Waals surface area contributed by atoms with Crippen LogP contribution in [0.15, 0.2) is 0 Å². The molecule has 0 aromatic carbocycles. The van der Waals surface area contributed by atoms with Crippen molar-refractivity contribution in [2.75, 3.05) is 13.2 Å². The van der Waals surface area contributed by atoms with E-state index in [1.54, 1.807) is 0 Å². The van der Waals surface area contributed by atoms with Crippen LogP contribution in [0.1, 0.15) is 162 Å². The van der Waals surface area contributed by atoms with Crippen LogP contribution in [-0.2, 0) is 9.47 Å². The molecule has 0 aromatic rings. The summed E-state index contributed by atoms with van der Waals surface area (Å²) in [5.41, 5.74) is 0. The van der Waals surface area contributed by atoms with Crippen molar-refractivity contribution in [3.63, 3.8) is 0 Å². The van der Waals surface area contributed by atoms with Gasteiger partial charge in [0.15, 0.2) is 0 Å². The molecule has 0 saturated heterocycles. The summed E-state index contributed by atoms with van der Waals surface area (Å²) in [7, 11) is 0. The van der Waals surface area contributed by atoms with Crippen LogP contribution in [0.2, 0.25) is 0 Å². The van der Waals surface area contributed by atoms with E-state index in [9.17, 15) is 13.2 Å². The van der Waals surface area contributed by atoms with Gasteiger partial charge < -0.3 is 9.47 Å².